The summed E-state index contributed by atoms with van der Waals surface area (Å²) in [7, 11) is 2.01. The zero-order chi connectivity index (χ0) is 12.5. The number of hydrogen-bond donors (Lipinski definition) is 2. The van der Waals surface area contributed by atoms with E-state index in [0.717, 1.165) is 23.1 Å². The number of fused-ring (bicyclic) bond motifs is 1. The maximum Gasteiger partial charge on any atom is 0.0955 e. The average Bonchev–Trinajstić information content (AvgIpc) is 2.74. The summed E-state index contributed by atoms with van der Waals surface area (Å²) in [6.07, 6.45) is 6.68. The van der Waals surface area contributed by atoms with Crippen molar-refractivity contribution in [1.29, 1.82) is 0 Å². The van der Waals surface area contributed by atoms with E-state index in [4.69, 9.17) is 5.73 Å². The largest absolute Gasteiger partial charge is 0.381 e. The van der Waals surface area contributed by atoms with Gasteiger partial charge in [0.1, 0.15) is 0 Å². The van der Waals surface area contributed by atoms with Crippen LogP contribution in [0.1, 0.15) is 25.7 Å². The summed E-state index contributed by atoms with van der Waals surface area (Å²) >= 11 is 0. The summed E-state index contributed by atoms with van der Waals surface area (Å²) in [4.78, 5) is 4.38. The molecule has 2 unspecified atom stereocenters. The molecule has 96 valence electrons. The molecule has 1 aromatic carbocycles. The van der Waals surface area contributed by atoms with E-state index in [2.05, 4.69) is 28.5 Å². The van der Waals surface area contributed by atoms with Crippen molar-refractivity contribution in [2.45, 2.75) is 37.8 Å². The SMILES string of the molecule is Cn1cnc2cc(NC3CCCCC3N)ccc21. The van der Waals surface area contributed by atoms with Crippen LogP contribution in [0.5, 0.6) is 0 Å². The minimum atomic E-state index is 0.276. The molecule has 1 heterocycles. The minimum Gasteiger partial charge on any atom is -0.381 e. The van der Waals surface area contributed by atoms with Gasteiger partial charge in [0, 0.05) is 24.8 Å². The van der Waals surface area contributed by atoms with Crippen LogP contribution in [-0.4, -0.2) is 21.6 Å². The zero-order valence-corrected chi connectivity index (χ0v) is 10.8. The molecule has 1 saturated carbocycles. The summed E-state index contributed by atoms with van der Waals surface area (Å²) in [6, 6.07) is 7.01. The summed E-state index contributed by atoms with van der Waals surface area (Å²) in [5.41, 5.74) is 9.48. The van der Waals surface area contributed by atoms with Crippen LogP contribution in [0.3, 0.4) is 0 Å². The molecule has 4 heteroatoms. The minimum absolute atomic E-state index is 0.276. The number of aromatic nitrogens is 2. The van der Waals surface area contributed by atoms with Crippen molar-refractivity contribution in [1.82, 2.24) is 9.55 Å². The maximum absolute atomic E-state index is 6.16. The molecular weight excluding hydrogens is 224 g/mol. The van der Waals surface area contributed by atoms with Gasteiger partial charge >= 0.3 is 0 Å². The van der Waals surface area contributed by atoms with Gasteiger partial charge in [0.15, 0.2) is 0 Å². The van der Waals surface area contributed by atoms with Crippen LogP contribution in [0, 0.1) is 0 Å². The highest BCUT2D eigenvalue weighted by Crippen LogP contribution is 2.23. The van der Waals surface area contributed by atoms with Crippen LogP contribution in [-0.2, 0) is 7.05 Å². The lowest BCUT2D eigenvalue weighted by molar-refractivity contribution is 0.404. The lowest BCUT2D eigenvalue weighted by Gasteiger charge is -2.30. The number of rotatable bonds is 2. The third-order valence-corrected chi connectivity index (χ3v) is 3.90. The van der Waals surface area contributed by atoms with Gasteiger partial charge in [-0.2, -0.15) is 0 Å². The second-order valence-electron chi connectivity index (χ2n) is 5.26. The Hall–Kier alpha value is -1.55. The van der Waals surface area contributed by atoms with Crippen molar-refractivity contribution < 1.29 is 0 Å². The Morgan fingerprint density at radius 3 is 3.00 bits per heavy atom. The van der Waals surface area contributed by atoms with Crippen LogP contribution in [0.15, 0.2) is 24.5 Å². The molecule has 3 N–H and O–H groups in total. The topological polar surface area (TPSA) is 55.9 Å². The van der Waals surface area contributed by atoms with E-state index in [9.17, 15) is 0 Å². The molecule has 0 saturated heterocycles. The molecule has 1 aliphatic rings. The van der Waals surface area contributed by atoms with E-state index in [1.807, 2.05) is 17.9 Å². The van der Waals surface area contributed by atoms with E-state index in [-0.39, 0.29) is 6.04 Å². The third kappa shape index (κ3) is 2.08. The summed E-state index contributed by atoms with van der Waals surface area (Å²) in [5, 5.41) is 3.56. The van der Waals surface area contributed by atoms with Gasteiger partial charge in [-0.05, 0) is 31.0 Å². The molecular formula is C14H20N4. The number of imidazole rings is 1. The molecule has 1 aromatic heterocycles. The lowest BCUT2D eigenvalue weighted by Crippen LogP contribution is -2.42. The fourth-order valence-electron chi connectivity index (χ4n) is 2.78. The Labute approximate surface area is 107 Å². The second-order valence-corrected chi connectivity index (χ2v) is 5.26. The Morgan fingerprint density at radius 2 is 2.17 bits per heavy atom. The van der Waals surface area contributed by atoms with Crippen LogP contribution in [0.2, 0.25) is 0 Å². The van der Waals surface area contributed by atoms with Gasteiger partial charge < -0.3 is 15.6 Å². The molecule has 1 fully saturated rings. The van der Waals surface area contributed by atoms with Gasteiger partial charge in [-0.25, -0.2) is 4.98 Å². The summed E-state index contributed by atoms with van der Waals surface area (Å²) in [5.74, 6) is 0. The fraction of sp³-hybridized carbons (Fsp3) is 0.500. The maximum atomic E-state index is 6.16. The second kappa shape index (κ2) is 4.61. The Kier molecular flexibility index (Phi) is 2.96. The van der Waals surface area contributed by atoms with E-state index >= 15 is 0 Å². The highest BCUT2D eigenvalue weighted by Gasteiger charge is 2.21. The van der Waals surface area contributed by atoms with E-state index < -0.39 is 0 Å². The summed E-state index contributed by atoms with van der Waals surface area (Å²) in [6.45, 7) is 0. The van der Waals surface area contributed by atoms with Crippen molar-refractivity contribution in [2.24, 2.45) is 12.8 Å². The monoisotopic (exact) mass is 244 g/mol. The first-order valence-electron chi connectivity index (χ1n) is 6.67. The molecule has 2 atom stereocenters. The average molecular weight is 244 g/mol. The molecule has 0 radical (unpaired) electrons. The molecule has 0 aliphatic heterocycles. The molecule has 3 rings (SSSR count). The Balaban J connectivity index is 1.81. The molecule has 2 aromatic rings. The Morgan fingerprint density at radius 1 is 1.33 bits per heavy atom. The number of nitrogens with one attached hydrogen (secondary N) is 1. The Bertz CT molecular complexity index is 546. The number of aryl methyl sites for hydroxylation is 1. The van der Waals surface area contributed by atoms with E-state index in [0.29, 0.717) is 6.04 Å². The molecule has 0 spiro atoms. The predicted molar refractivity (Wildman–Crippen MR) is 74.6 cm³/mol. The van der Waals surface area contributed by atoms with Gasteiger partial charge in [0.2, 0.25) is 0 Å². The molecule has 0 amide bonds. The number of anilines is 1. The van der Waals surface area contributed by atoms with Crippen LogP contribution in [0.25, 0.3) is 11.0 Å². The highest BCUT2D eigenvalue weighted by atomic mass is 15.0. The molecule has 1 aliphatic carbocycles. The van der Waals surface area contributed by atoms with Crippen molar-refractivity contribution in [2.75, 3.05) is 5.32 Å². The number of benzene rings is 1. The zero-order valence-electron chi connectivity index (χ0n) is 10.8. The van der Waals surface area contributed by atoms with Gasteiger partial charge in [-0.15, -0.1) is 0 Å². The highest BCUT2D eigenvalue weighted by molar-refractivity contribution is 5.79. The van der Waals surface area contributed by atoms with Crippen molar-refractivity contribution in [3.8, 4) is 0 Å². The van der Waals surface area contributed by atoms with Gasteiger partial charge in [0.25, 0.3) is 0 Å². The smallest absolute Gasteiger partial charge is 0.0955 e. The number of nitrogens with two attached hydrogens (primary N) is 1. The van der Waals surface area contributed by atoms with Crippen LogP contribution >= 0.6 is 0 Å². The predicted octanol–water partition coefficient (Wildman–Crippen LogP) is 2.26. The standard InChI is InChI=1S/C14H20N4/c1-18-9-16-13-8-10(6-7-14(13)18)17-12-5-3-2-4-11(12)15/h6-9,11-12,17H,2-5,15H2,1H3. The number of hydrogen-bond acceptors (Lipinski definition) is 3. The first-order chi connectivity index (χ1) is 8.74. The van der Waals surface area contributed by atoms with Crippen LogP contribution in [0.4, 0.5) is 5.69 Å². The van der Waals surface area contributed by atoms with E-state index in [1.54, 1.807) is 0 Å². The molecule has 4 nitrogen and oxygen atoms in total. The van der Waals surface area contributed by atoms with Gasteiger partial charge in [0.05, 0.1) is 17.4 Å². The third-order valence-electron chi connectivity index (χ3n) is 3.90. The first kappa shape index (κ1) is 11.5. The molecule has 18 heavy (non-hydrogen) atoms. The van der Waals surface area contributed by atoms with E-state index in [1.165, 1.54) is 19.3 Å². The first-order valence-corrected chi connectivity index (χ1v) is 6.67. The molecule has 0 bridgehead atoms. The van der Waals surface area contributed by atoms with Crippen molar-refractivity contribution >= 4 is 16.7 Å². The van der Waals surface area contributed by atoms with Gasteiger partial charge in [-0.1, -0.05) is 12.8 Å². The number of nitrogens with zero attached hydrogens (tertiary/aromatic N) is 2. The fourth-order valence-corrected chi connectivity index (χ4v) is 2.78. The lowest BCUT2D eigenvalue weighted by atomic mass is 9.91. The van der Waals surface area contributed by atoms with Crippen molar-refractivity contribution in [3.63, 3.8) is 0 Å². The van der Waals surface area contributed by atoms with Crippen LogP contribution < -0.4 is 11.1 Å². The summed E-state index contributed by atoms with van der Waals surface area (Å²) < 4.78 is 2.03. The normalized spacial score (nSPS) is 24.3. The van der Waals surface area contributed by atoms with Gasteiger partial charge in [-0.3, -0.25) is 0 Å². The van der Waals surface area contributed by atoms with Crippen molar-refractivity contribution in [3.05, 3.63) is 24.5 Å². The quantitative estimate of drug-likeness (QED) is 0.852.